The van der Waals surface area contributed by atoms with E-state index in [1.54, 1.807) is 11.3 Å². The summed E-state index contributed by atoms with van der Waals surface area (Å²) in [4.78, 5) is 20.6. The third kappa shape index (κ3) is 7.15. The second-order valence-corrected chi connectivity index (χ2v) is 8.42. The number of aliphatic imine (C=N–C) groups is 1. The van der Waals surface area contributed by atoms with Gasteiger partial charge in [-0.25, -0.2) is 4.99 Å². The minimum atomic E-state index is -0.0579. The molecule has 0 bridgehead atoms. The van der Waals surface area contributed by atoms with Gasteiger partial charge in [0, 0.05) is 24.5 Å². The predicted octanol–water partition coefficient (Wildman–Crippen LogP) is 2.80. The van der Waals surface area contributed by atoms with E-state index in [1.807, 2.05) is 25.1 Å². The zero-order chi connectivity index (χ0) is 21.0. The number of hydrogen-bond acceptors (Lipinski definition) is 4. The number of rotatable bonds is 10. The summed E-state index contributed by atoms with van der Waals surface area (Å²) in [6, 6.07) is 14.8. The SMILES string of the molecule is CCNC(=NCC(=O)NCCc1ccccc1)NCC(c1cccs1)N1CCCC1. The van der Waals surface area contributed by atoms with Crippen LogP contribution in [0.3, 0.4) is 0 Å². The zero-order valence-electron chi connectivity index (χ0n) is 17.8. The molecule has 1 amide bonds. The van der Waals surface area contributed by atoms with Gasteiger partial charge in [-0.3, -0.25) is 9.69 Å². The van der Waals surface area contributed by atoms with Crippen molar-refractivity contribution in [1.82, 2.24) is 20.9 Å². The molecule has 1 fully saturated rings. The van der Waals surface area contributed by atoms with Crippen molar-refractivity contribution in [1.29, 1.82) is 0 Å². The van der Waals surface area contributed by atoms with Crippen molar-refractivity contribution in [2.24, 2.45) is 4.99 Å². The highest BCUT2D eigenvalue weighted by molar-refractivity contribution is 7.10. The molecule has 2 heterocycles. The number of nitrogens with one attached hydrogen (secondary N) is 3. The minimum absolute atomic E-state index is 0.0579. The van der Waals surface area contributed by atoms with Gasteiger partial charge < -0.3 is 16.0 Å². The number of nitrogens with zero attached hydrogens (tertiary/aromatic N) is 2. The van der Waals surface area contributed by atoms with Gasteiger partial charge in [0.15, 0.2) is 5.96 Å². The molecule has 1 unspecified atom stereocenters. The highest BCUT2D eigenvalue weighted by Crippen LogP contribution is 2.27. The molecular weight excluding hydrogens is 394 g/mol. The lowest BCUT2D eigenvalue weighted by Gasteiger charge is -2.27. The Labute approximate surface area is 183 Å². The van der Waals surface area contributed by atoms with Crippen molar-refractivity contribution in [3.8, 4) is 0 Å². The average Bonchev–Trinajstić information content (AvgIpc) is 3.48. The maximum absolute atomic E-state index is 12.2. The van der Waals surface area contributed by atoms with Crippen molar-refractivity contribution < 1.29 is 4.79 Å². The quantitative estimate of drug-likeness (QED) is 0.403. The van der Waals surface area contributed by atoms with E-state index in [0.29, 0.717) is 18.5 Å². The van der Waals surface area contributed by atoms with Gasteiger partial charge in [0.25, 0.3) is 0 Å². The molecule has 7 heteroatoms. The molecule has 2 aromatic rings. The fourth-order valence-corrected chi connectivity index (χ4v) is 4.54. The molecule has 0 saturated carbocycles. The van der Waals surface area contributed by atoms with Crippen LogP contribution in [0.15, 0.2) is 52.8 Å². The predicted molar refractivity (Wildman–Crippen MR) is 125 cm³/mol. The molecule has 0 radical (unpaired) electrons. The average molecular weight is 428 g/mol. The third-order valence-corrected chi connectivity index (χ3v) is 6.19. The summed E-state index contributed by atoms with van der Waals surface area (Å²) in [6.45, 7) is 6.60. The summed E-state index contributed by atoms with van der Waals surface area (Å²) >= 11 is 1.80. The van der Waals surface area contributed by atoms with Crippen molar-refractivity contribution in [2.75, 3.05) is 39.3 Å². The Kier molecular flexibility index (Phi) is 9.18. The highest BCUT2D eigenvalue weighted by Gasteiger charge is 2.24. The number of carbonyl (C=O) groups excluding carboxylic acids is 1. The van der Waals surface area contributed by atoms with Crippen molar-refractivity contribution >= 4 is 23.2 Å². The largest absolute Gasteiger partial charge is 0.357 e. The van der Waals surface area contributed by atoms with E-state index in [0.717, 1.165) is 32.6 Å². The van der Waals surface area contributed by atoms with Crippen molar-refractivity contribution in [3.63, 3.8) is 0 Å². The van der Waals surface area contributed by atoms with E-state index in [9.17, 15) is 4.79 Å². The van der Waals surface area contributed by atoms with E-state index >= 15 is 0 Å². The molecule has 1 aromatic heterocycles. The first-order valence-electron chi connectivity index (χ1n) is 10.9. The number of hydrogen-bond donors (Lipinski definition) is 3. The number of amides is 1. The maximum atomic E-state index is 12.2. The van der Waals surface area contributed by atoms with Crippen LogP contribution in [0.25, 0.3) is 0 Å². The molecule has 30 heavy (non-hydrogen) atoms. The molecule has 1 aliphatic rings. The summed E-state index contributed by atoms with van der Waals surface area (Å²) in [5.41, 5.74) is 1.22. The summed E-state index contributed by atoms with van der Waals surface area (Å²) in [5.74, 6) is 0.633. The zero-order valence-corrected chi connectivity index (χ0v) is 18.6. The third-order valence-electron chi connectivity index (χ3n) is 5.22. The van der Waals surface area contributed by atoms with Crippen LogP contribution in [-0.4, -0.2) is 56.0 Å². The molecule has 0 spiro atoms. The van der Waals surface area contributed by atoms with Crippen LogP contribution in [0.5, 0.6) is 0 Å². The van der Waals surface area contributed by atoms with Gasteiger partial charge in [-0.1, -0.05) is 36.4 Å². The Balaban J connectivity index is 1.48. The van der Waals surface area contributed by atoms with Gasteiger partial charge in [-0.05, 0) is 56.3 Å². The Hall–Kier alpha value is -2.38. The van der Waals surface area contributed by atoms with Gasteiger partial charge in [0.2, 0.25) is 5.91 Å². The first-order chi connectivity index (χ1) is 14.8. The number of benzene rings is 1. The monoisotopic (exact) mass is 427 g/mol. The molecular formula is C23H33N5OS. The van der Waals surface area contributed by atoms with Crippen LogP contribution in [0, 0.1) is 0 Å². The Morgan fingerprint density at radius 2 is 1.90 bits per heavy atom. The number of likely N-dealkylation sites (tertiary alicyclic amines) is 1. The summed E-state index contributed by atoms with van der Waals surface area (Å²) in [7, 11) is 0. The fraction of sp³-hybridized carbons (Fsp3) is 0.478. The molecule has 3 rings (SSSR count). The smallest absolute Gasteiger partial charge is 0.241 e. The molecule has 1 aromatic carbocycles. The minimum Gasteiger partial charge on any atom is -0.357 e. The van der Waals surface area contributed by atoms with E-state index in [2.05, 4.69) is 55.5 Å². The summed E-state index contributed by atoms with van der Waals surface area (Å²) in [5, 5.41) is 11.8. The molecule has 1 aliphatic heterocycles. The van der Waals surface area contributed by atoms with Crippen molar-refractivity contribution in [3.05, 3.63) is 58.3 Å². The number of guanidine groups is 1. The first-order valence-corrected chi connectivity index (χ1v) is 11.7. The lowest BCUT2D eigenvalue weighted by molar-refractivity contribution is -0.119. The Morgan fingerprint density at radius 3 is 2.60 bits per heavy atom. The van der Waals surface area contributed by atoms with E-state index in [1.165, 1.54) is 23.3 Å². The molecule has 6 nitrogen and oxygen atoms in total. The maximum Gasteiger partial charge on any atom is 0.241 e. The first kappa shape index (κ1) is 22.3. The van der Waals surface area contributed by atoms with E-state index in [4.69, 9.17) is 0 Å². The normalized spacial score (nSPS) is 15.7. The Morgan fingerprint density at radius 1 is 1.10 bits per heavy atom. The highest BCUT2D eigenvalue weighted by atomic mass is 32.1. The molecule has 1 saturated heterocycles. The Bertz CT molecular complexity index is 772. The van der Waals surface area contributed by atoms with Gasteiger partial charge in [0.05, 0.1) is 6.04 Å². The van der Waals surface area contributed by atoms with E-state index < -0.39 is 0 Å². The number of carbonyl (C=O) groups is 1. The summed E-state index contributed by atoms with van der Waals surface area (Å²) < 4.78 is 0. The van der Waals surface area contributed by atoms with Gasteiger partial charge in [-0.2, -0.15) is 0 Å². The van der Waals surface area contributed by atoms with Crippen LogP contribution in [0.1, 0.15) is 36.2 Å². The topological polar surface area (TPSA) is 68.8 Å². The van der Waals surface area contributed by atoms with Crippen LogP contribution in [0.2, 0.25) is 0 Å². The van der Waals surface area contributed by atoms with Crippen molar-refractivity contribution in [2.45, 2.75) is 32.2 Å². The lowest BCUT2D eigenvalue weighted by Crippen LogP contribution is -2.43. The lowest BCUT2D eigenvalue weighted by atomic mass is 10.1. The molecule has 0 aliphatic carbocycles. The second-order valence-electron chi connectivity index (χ2n) is 7.44. The second kappa shape index (κ2) is 12.3. The van der Waals surface area contributed by atoms with Crippen LogP contribution in [-0.2, 0) is 11.2 Å². The molecule has 162 valence electrons. The number of thiophene rings is 1. The summed E-state index contributed by atoms with van der Waals surface area (Å²) in [6.07, 6.45) is 3.35. The van der Waals surface area contributed by atoms with E-state index in [-0.39, 0.29) is 12.5 Å². The van der Waals surface area contributed by atoms with Crippen LogP contribution in [0.4, 0.5) is 0 Å². The van der Waals surface area contributed by atoms with Crippen LogP contribution < -0.4 is 16.0 Å². The van der Waals surface area contributed by atoms with Crippen LogP contribution >= 0.6 is 11.3 Å². The molecule has 3 N–H and O–H groups in total. The fourth-order valence-electron chi connectivity index (χ4n) is 3.68. The standard InChI is InChI=1S/C23H33N5OS/c1-2-24-23(27-18-22(29)25-13-12-19-9-4-3-5-10-19)26-17-20(21-11-8-16-30-21)28-14-6-7-15-28/h3-5,8-11,16,20H,2,6-7,12-15,17-18H2,1H3,(H,25,29)(H2,24,26,27). The van der Waals surface area contributed by atoms with Gasteiger partial charge in [-0.15, -0.1) is 11.3 Å². The van der Waals surface area contributed by atoms with Gasteiger partial charge >= 0.3 is 0 Å². The van der Waals surface area contributed by atoms with Gasteiger partial charge in [0.1, 0.15) is 6.54 Å². The molecule has 1 atom stereocenters.